The number of thiophene rings is 1. The zero-order valence-electron chi connectivity index (χ0n) is 13.7. The van der Waals surface area contributed by atoms with Crippen LogP contribution in [0.4, 0.5) is 0 Å². The third-order valence-corrected chi connectivity index (χ3v) is 5.71. The molecule has 1 aliphatic rings. The Morgan fingerprint density at radius 3 is 2.67 bits per heavy atom. The molecule has 3 aromatic rings. The van der Waals surface area contributed by atoms with E-state index in [0.717, 1.165) is 37.1 Å². The van der Waals surface area contributed by atoms with Crippen molar-refractivity contribution in [1.82, 2.24) is 14.8 Å². The van der Waals surface area contributed by atoms with E-state index in [1.54, 1.807) is 17.5 Å². The molecule has 4 rings (SSSR count). The zero-order valence-corrected chi connectivity index (χ0v) is 14.5. The number of phenolic OH excluding ortho intramolecular Hbond substituents is 1. The summed E-state index contributed by atoms with van der Waals surface area (Å²) in [6, 6.07) is 12.3. The number of likely N-dealkylation sites (N-methyl/N-ethyl adjacent to an activating group) is 1. The highest BCUT2D eigenvalue weighted by molar-refractivity contribution is 7.10. The highest BCUT2D eigenvalue weighted by Crippen LogP contribution is 2.39. The Bertz CT molecular complexity index is 826. The van der Waals surface area contributed by atoms with Crippen LogP contribution in [0.3, 0.4) is 0 Å². The van der Waals surface area contributed by atoms with E-state index < -0.39 is 0 Å². The number of benzene rings is 1. The SMILES string of the molecule is CN1CCN([C@H](c2cccs2)c2ccc3cccnc3c2O)CC1. The molecular formula is C19H21N3OS. The van der Waals surface area contributed by atoms with Gasteiger partial charge in [-0.3, -0.25) is 9.88 Å². The second-order valence-electron chi connectivity index (χ2n) is 6.34. The number of pyridine rings is 1. The van der Waals surface area contributed by atoms with E-state index in [1.165, 1.54) is 4.88 Å². The topological polar surface area (TPSA) is 39.6 Å². The van der Waals surface area contributed by atoms with Crippen molar-refractivity contribution in [3.8, 4) is 5.75 Å². The summed E-state index contributed by atoms with van der Waals surface area (Å²) >= 11 is 1.75. The summed E-state index contributed by atoms with van der Waals surface area (Å²) in [6.45, 7) is 4.10. The Balaban J connectivity index is 1.80. The van der Waals surface area contributed by atoms with Gasteiger partial charge in [-0.1, -0.05) is 24.3 Å². The molecule has 5 heteroatoms. The van der Waals surface area contributed by atoms with Crippen molar-refractivity contribution in [2.45, 2.75) is 6.04 Å². The second kappa shape index (κ2) is 6.51. The molecule has 0 saturated carbocycles. The van der Waals surface area contributed by atoms with E-state index in [0.29, 0.717) is 11.3 Å². The molecule has 0 unspecified atom stereocenters. The van der Waals surface area contributed by atoms with Gasteiger partial charge in [-0.2, -0.15) is 0 Å². The van der Waals surface area contributed by atoms with Crippen LogP contribution in [0.2, 0.25) is 0 Å². The minimum atomic E-state index is 0.0881. The third-order valence-electron chi connectivity index (χ3n) is 4.79. The van der Waals surface area contributed by atoms with Crippen molar-refractivity contribution in [1.29, 1.82) is 0 Å². The quantitative estimate of drug-likeness (QED) is 0.794. The molecule has 1 fully saturated rings. The Morgan fingerprint density at radius 2 is 1.92 bits per heavy atom. The van der Waals surface area contributed by atoms with Gasteiger partial charge in [0.05, 0.1) is 6.04 Å². The van der Waals surface area contributed by atoms with Crippen LogP contribution in [-0.4, -0.2) is 53.1 Å². The molecule has 0 aliphatic carbocycles. The summed E-state index contributed by atoms with van der Waals surface area (Å²) in [6.07, 6.45) is 1.74. The molecular weight excluding hydrogens is 318 g/mol. The standard InChI is InChI=1S/C19H21N3OS/c1-21-9-11-22(12-10-21)18(16-5-3-13-24-16)15-7-6-14-4-2-8-20-17(14)19(15)23/h2-8,13,18,23H,9-12H2,1H3/t18-/m0/s1. The van der Waals surface area contributed by atoms with Gasteiger partial charge in [-0.25, -0.2) is 0 Å². The van der Waals surface area contributed by atoms with E-state index in [-0.39, 0.29) is 6.04 Å². The number of aromatic hydroxyl groups is 1. The molecule has 1 aliphatic heterocycles. The maximum absolute atomic E-state index is 10.9. The van der Waals surface area contributed by atoms with Crippen molar-refractivity contribution in [2.75, 3.05) is 33.2 Å². The van der Waals surface area contributed by atoms with Gasteiger partial charge >= 0.3 is 0 Å². The van der Waals surface area contributed by atoms with E-state index in [2.05, 4.69) is 51.5 Å². The maximum Gasteiger partial charge on any atom is 0.146 e. The van der Waals surface area contributed by atoms with Crippen molar-refractivity contribution in [3.63, 3.8) is 0 Å². The van der Waals surface area contributed by atoms with Gasteiger partial charge in [0, 0.05) is 48.2 Å². The lowest BCUT2D eigenvalue weighted by Gasteiger charge is -2.38. The summed E-state index contributed by atoms with van der Waals surface area (Å²) < 4.78 is 0. The third kappa shape index (κ3) is 2.79. The first-order valence-electron chi connectivity index (χ1n) is 8.26. The second-order valence-corrected chi connectivity index (χ2v) is 7.31. The number of hydrogen-bond donors (Lipinski definition) is 1. The predicted molar refractivity (Wildman–Crippen MR) is 98.6 cm³/mol. The van der Waals surface area contributed by atoms with Crippen LogP contribution in [0.1, 0.15) is 16.5 Å². The van der Waals surface area contributed by atoms with E-state index in [1.807, 2.05) is 12.1 Å². The minimum Gasteiger partial charge on any atom is -0.505 e. The van der Waals surface area contributed by atoms with Gasteiger partial charge < -0.3 is 10.0 Å². The van der Waals surface area contributed by atoms with Gasteiger partial charge in [0.25, 0.3) is 0 Å². The lowest BCUT2D eigenvalue weighted by atomic mass is 9.99. The average Bonchev–Trinajstić information content (AvgIpc) is 3.13. The molecule has 1 N–H and O–H groups in total. The van der Waals surface area contributed by atoms with Crippen molar-refractivity contribution in [3.05, 3.63) is 58.4 Å². The van der Waals surface area contributed by atoms with Crippen LogP contribution in [0.15, 0.2) is 48.0 Å². The molecule has 4 nitrogen and oxygen atoms in total. The van der Waals surface area contributed by atoms with Crippen LogP contribution >= 0.6 is 11.3 Å². The van der Waals surface area contributed by atoms with Crippen LogP contribution < -0.4 is 0 Å². The molecule has 3 heterocycles. The smallest absolute Gasteiger partial charge is 0.146 e. The van der Waals surface area contributed by atoms with E-state index in [4.69, 9.17) is 0 Å². The van der Waals surface area contributed by atoms with Gasteiger partial charge in [-0.05, 0) is 24.6 Å². The number of fused-ring (bicyclic) bond motifs is 1. The van der Waals surface area contributed by atoms with E-state index in [9.17, 15) is 5.11 Å². The van der Waals surface area contributed by atoms with Crippen molar-refractivity contribution >= 4 is 22.2 Å². The van der Waals surface area contributed by atoms with Crippen molar-refractivity contribution in [2.24, 2.45) is 0 Å². The first kappa shape index (κ1) is 15.6. The van der Waals surface area contributed by atoms with Gasteiger partial charge in [-0.15, -0.1) is 11.3 Å². The van der Waals surface area contributed by atoms with Gasteiger partial charge in [0.2, 0.25) is 0 Å². The van der Waals surface area contributed by atoms with E-state index >= 15 is 0 Å². The molecule has 1 aromatic carbocycles. The number of rotatable bonds is 3. The zero-order chi connectivity index (χ0) is 16.5. The molecule has 24 heavy (non-hydrogen) atoms. The monoisotopic (exact) mass is 339 g/mol. The molecule has 0 spiro atoms. The Kier molecular flexibility index (Phi) is 4.22. The fourth-order valence-corrected chi connectivity index (χ4v) is 4.30. The summed E-state index contributed by atoms with van der Waals surface area (Å²) in [7, 11) is 2.16. The number of aromatic nitrogens is 1. The van der Waals surface area contributed by atoms with Crippen LogP contribution in [-0.2, 0) is 0 Å². The number of piperazine rings is 1. The summed E-state index contributed by atoms with van der Waals surface area (Å²) in [5.41, 5.74) is 1.64. The fraction of sp³-hybridized carbons (Fsp3) is 0.316. The molecule has 1 saturated heterocycles. The first-order chi connectivity index (χ1) is 11.7. The molecule has 1 atom stereocenters. The summed E-state index contributed by atoms with van der Waals surface area (Å²) in [4.78, 5) is 10.5. The summed E-state index contributed by atoms with van der Waals surface area (Å²) in [5, 5.41) is 14.0. The number of nitrogens with zero attached hydrogens (tertiary/aromatic N) is 3. The normalized spacial score (nSPS) is 18.0. The molecule has 0 radical (unpaired) electrons. The first-order valence-corrected chi connectivity index (χ1v) is 9.14. The largest absolute Gasteiger partial charge is 0.505 e. The number of hydrogen-bond acceptors (Lipinski definition) is 5. The lowest BCUT2D eigenvalue weighted by molar-refractivity contribution is 0.127. The highest BCUT2D eigenvalue weighted by atomic mass is 32.1. The van der Waals surface area contributed by atoms with Crippen LogP contribution in [0.25, 0.3) is 10.9 Å². The Labute approximate surface area is 146 Å². The maximum atomic E-state index is 10.9. The fourth-order valence-electron chi connectivity index (χ4n) is 3.42. The number of phenols is 1. The molecule has 2 aromatic heterocycles. The van der Waals surface area contributed by atoms with Crippen LogP contribution in [0.5, 0.6) is 5.75 Å². The Morgan fingerprint density at radius 1 is 1.08 bits per heavy atom. The summed E-state index contributed by atoms with van der Waals surface area (Å²) in [5.74, 6) is 0.311. The van der Waals surface area contributed by atoms with Gasteiger partial charge in [0.15, 0.2) is 0 Å². The Hall–Kier alpha value is -1.95. The highest BCUT2D eigenvalue weighted by Gasteiger charge is 2.28. The lowest BCUT2D eigenvalue weighted by Crippen LogP contribution is -2.46. The molecule has 0 amide bonds. The predicted octanol–water partition coefficient (Wildman–Crippen LogP) is 3.34. The minimum absolute atomic E-state index is 0.0881. The van der Waals surface area contributed by atoms with Gasteiger partial charge in [0.1, 0.15) is 11.3 Å². The average molecular weight is 339 g/mol. The molecule has 124 valence electrons. The molecule has 0 bridgehead atoms. The van der Waals surface area contributed by atoms with Crippen molar-refractivity contribution < 1.29 is 5.11 Å². The van der Waals surface area contributed by atoms with Crippen LogP contribution in [0, 0.1) is 0 Å².